The van der Waals surface area contributed by atoms with Crippen LogP contribution in [-0.2, 0) is 0 Å². The molecule has 1 unspecified atom stereocenters. The summed E-state index contributed by atoms with van der Waals surface area (Å²) in [7, 11) is 1.69. The fourth-order valence-corrected chi connectivity index (χ4v) is 2.74. The van der Waals surface area contributed by atoms with Crippen molar-refractivity contribution in [1.29, 1.82) is 0 Å². The van der Waals surface area contributed by atoms with E-state index in [9.17, 15) is 0 Å². The molecule has 1 aliphatic carbocycles. The number of rotatable bonds is 5. The van der Waals surface area contributed by atoms with Crippen LogP contribution in [0.5, 0.6) is 5.75 Å². The summed E-state index contributed by atoms with van der Waals surface area (Å²) < 4.78 is 5.17. The minimum Gasteiger partial charge on any atom is -0.497 e. The topological polar surface area (TPSA) is 21.3 Å². The molecule has 1 aromatic rings. The number of ether oxygens (including phenoxy) is 1. The van der Waals surface area contributed by atoms with Gasteiger partial charge in [0.15, 0.2) is 0 Å². The van der Waals surface area contributed by atoms with Crippen LogP contribution < -0.4 is 10.1 Å². The van der Waals surface area contributed by atoms with Gasteiger partial charge in [0, 0.05) is 11.7 Å². The fraction of sp³-hybridized carbons (Fsp3) is 0.500. The van der Waals surface area contributed by atoms with Gasteiger partial charge >= 0.3 is 0 Å². The standard InChI is InChI=1S/C16H23NO/c1-3-16(13-7-5-4-6-8-13)17-14-9-11-15(18-2)12-10-14/h3,9-13,16-17H,1,4-8H2,2H3. The Morgan fingerprint density at radius 1 is 1.22 bits per heavy atom. The van der Waals surface area contributed by atoms with Crippen LogP contribution in [0.25, 0.3) is 0 Å². The van der Waals surface area contributed by atoms with Gasteiger partial charge in [-0.1, -0.05) is 25.3 Å². The number of hydrogen-bond donors (Lipinski definition) is 1. The first-order valence-corrected chi connectivity index (χ1v) is 6.86. The molecular weight excluding hydrogens is 222 g/mol. The summed E-state index contributed by atoms with van der Waals surface area (Å²) in [5.74, 6) is 1.63. The van der Waals surface area contributed by atoms with E-state index in [1.807, 2.05) is 12.1 Å². The number of hydrogen-bond acceptors (Lipinski definition) is 2. The fourth-order valence-electron chi connectivity index (χ4n) is 2.74. The van der Waals surface area contributed by atoms with Crippen LogP contribution in [-0.4, -0.2) is 13.2 Å². The van der Waals surface area contributed by atoms with Crippen molar-refractivity contribution in [3.63, 3.8) is 0 Å². The molecule has 0 aliphatic heterocycles. The van der Waals surface area contributed by atoms with E-state index in [0.29, 0.717) is 6.04 Å². The molecule has 1 aliphatic rings. The van der Waals surface area contributed by atoms with E-state index >= 15 is 0 Å². The molecule has 0 aromatic heterocycles. The molecule has 0 saturated heterocycles. The van der Waals surface area contributed by atoms with Gasteiger partial charge in [-0.15, -0.1) is 6.58 Å². The number of benzene rings is 1. The van der Waals surface area contributed by atoms with Crippen molar-refractivity contribution in [2.24, 2.45) is 5.92 Å². The van der Waals surface area contributed by atoms with Crippen LogP contribution in [0.15, 0.2) is 36.9 Å². The highest BCUT2D eigenvalue weighted by atomic mass is 16.5. The second kappa shape index (κ2) is 6.48. The Balaban J connectivity index is 1.97. The average Bonchev–Trinajstić information content (AvgIpc) is 2.46. The predicted octanol–water partition coefficient (Wildman–Crippen LogP) is 4.24. The first-order valence-electron chi connectivity index (χ1n) is 6.86. The Hall–Kier alpha value is -1.44. The zero-order valence-electron chi connectivity index (χ0n) is 11.2. The van der Waals surface area contributed by atoms with Crippen LogP contribution >= 0.6 is 0 Å². The SMILES string of the molecule is C=CC(Nc1ccc(OC)cc1)C1CCCCC1. The molecule has 1 aromatic carbocycles. The van der Waals surface area contributed by atoms with Crippen molar-refractivity contribution in [3.8, 4) is 5.75 Å². The maximum absolute atomic E-state index is 5.17. The molecule has 0 spiro atoms. The van der Waals surface area contributed by atoms with E-state index in [1.54, 1.807) is 7.11 Å². The van der Waals surface area contributed by atoms with Crippen molar-refractivity contribution < 1.29 is 4.74 Å². The van der Waals surface area contributed by atoms with E-state index < -0.39 is 0 Å². The van der Waals surface area contributed by atoms with Crippen LogP contribution in [0.4, 0.5) is 5.69 Å². The van der Waals surface area contributed by atoms with Crippen LogP contribution in [0.2, 0.25) is 0 Å². The van der Waals surface area contributed by atoms with Gasteiger partial charge in [-0.3, -0.25) is 0 Å². The minimum atomic E-state index is 0.388. The molecule has 2 rings (SSSR count). The first-order chi connectivity index (χ1) is 8.83. The Bertz CT molecular complexity index is 365. The zero-order valence-corrected chi connectivity index (χ0v) is 11.2. The molecule has 0 radical (unpaired) electrons. The van der Waals surface area contributed by atoms with Crippen LogP contribution in [0, 0.1) is 5.92 Å². The van der Waals surface area contributed by atoms with E-state index in [-0.39, 0.29) is 0 Å². The second-order valence-electron chi connectivity index (χ2n) is 5.03. The highest BCUT2D eigenvalue weighted by Gasteiger charge is 2.20. The van der Waals surface area contributed by atoms with Gasteiger partial charge in [0.1, 0.15) is 5.75 Å². The summed E-state index contributed by atoms with van der Waals surface area (Å²) in [6.45, 7) is 3.98. The lowest BCUT2D eigenvalue weighted by molar-refractivity contribution is 0.343. The van der Waals surface area contributed by atoms with E-state index in [0.717, 1.165) is 17.4 Å². The lowest BCUT2D eigenvalue weighted by Gasteiger charge is -2.29. The van der Waals surface area contributed by atoms with E-state index in [2.05, 4.69) is 30.1 Å². The third-order valence-corrected chi connectivity index (χ3v) is 3.83. The lowest BCUT2D eigenvalue weighted by Crippen LogP contribution is -2.28. The molecule has 1 N–H and O–H groups in total. The molecule has 98 valence electrons. The molecule has 1 saturated carbocycles. The van der Waals surface area contributed by atoms with Gasteiger partial charge in [-0.2, -0.15) is 0 Å². The highest BCUT2D eigenvalue weighted by Crippen LogP contribution is 2.29. The summed E-state index contributed by atoms with van der Waals surface area (Å²) in [4.78, 5) is 0. The van der Waals surface area contributed by atoms with Gasteiger partial charge in [-0.25, -0.2) is 0 Å². The molecule has 0 bridgehead atoms. The second-order valence-corrected chi connectivity index (χ2v) is 5.03. The minimum absolute atomic E-state index is 0.388. The molecule has 1 fully saturated rings. The van der Waals surface area contributed by atoms with Crippen molar-refractivity contribution in [2.45, 2.75) is 38.1 Å². The summed E-state index contributed by atoms with van der Waals surface area (Å²) in [5, 5.41) is 3.58. The smallest absolute Gasteiger partial charge is 0.119 e. The third-order valence-electron chi connectivity index (χ3n) is 3.83. The van der Waals surface area contributed by atoms with Crippen molar-refractivity contribution in [2.75, 3.05) is 12.4 Å². The van der Waals surface area contributed by atoms with Crippen molar-refractivity contribution in [3.05, 3.63) is 36.9 Å². The normalized spacial score (nSPS) is 18.1. The predicted molar refractivity (Wildman–Crippen MR) is 77.2 cm³/mol. The van der Waals surface area contributed by atoms with Crippen molar-refractivity contribution >= 4 is 5.69 Å². The molecule has 2 nitrogen and oxygen atoms in total. The number of methoxy groups -OCH3 is 1. The van der Waals surface area contributed by atoms with Gasteiger partial charge < -0.3 is 10.1 Å². The number of anilines is 1. The van der Waals surface area contributed by atoms with Gasteiger partial charge in [-0.05, 0) is 43.0 Å². The molecular formula is C16H23NO. The largest absolute Gasteiger partial charge is 0.497 e. The van der Waals surface area contributed by atoms with Crippen molar-refractivity contribution in [1.82, 2.24) is 0 Å². The summed E-state index contributed by atoms with van der Waals surface area (Å²) in [6, 6.07) is 8.50. The molecule has 2 heteroatoms. The lowest BCUT2D eigenvalue weighted by atomic mass is 9.84. The average molecular weight is 245 g/mol. The Labute approximate surface area is 110 Å². The van der Waals surface area contributed by atoms with Gasteiger partial charge in [0.2, 0.25) is 0 Å². The molecule has 1 atom stereocenters. The monoisotopic (exact) mass is 245 g/mol. The Morgan fingerprint density at radius 3 is 2.44 bits per heavy atom. The van der Waals surface area contributed by atoms with Gasteiger partial charge in [0.25, 0.3) is 0 Å². The third kappa shape index (κ3) is 3.28. The zero-order chi connectivity index (χ0) is 12.8. The maximum Gasteiger partial charge on any atom is 0.119 e. The molecule has 0 amide bonds. The Kier molecular flexibility index (Phi) is 4.68. The maximum atomic E-state index is 5.17. The van der Waals surface area contributed by atoms with Crippen LogP contribution in [0.1, 0.15) is 32.1 Å². The van der Waals surface area contributed by atoms with E-state index in [4.69, 9.17) is 4.74 Å². The summed E-state index contributed by atoms with van der Waals surface area (Å²) >= 11 is 0. The Morgan fingerprint density at radius 2 is 1.89 bits per heavy atom. The number of nitrogens with one attached hydrogen (secondary N) is 1. The molecule has 18 heavy (non-hydrogen) atoms. The first kappa shape index (κ1) is 13.0. The quantitative estimate of drug-likeness (QED) is 0.783. The summed E-state index contributed by atoms with van der Waals surface area (Å²) in [5.41, 5.74) is 1.14. The highest BCUT2D eigenvalue weighted by molar-refractivity contribution is 5.47. The molecule has 0 heterocycles. The van der Waals surface area contributed by atoms with E-state index in [1.165, 1.54) is 32.1 Å². The van der Waals surface area contributed by atoms with Crippen LogP contribution in [0.3, 0.4) is 0 Å². The van der Waals surface area contributed by atoms with Gasteiger partial charge in [0.05, 0.1) is 7.11 Å². The summed E-state index contributed by atoms with van der Waals surface area (Å²) in [6.07, 6.45) is 8.81.